The van der Waals surface area contributed by atoms with Gasteiger partial charge in [-0.3, -0.25) is 14.4 Å². The molecule has 1 heterocycles. The fourth-order valence-electron chi connectivity index (χ4n) is 5.87. The second-order valence-corrected chi connectivity index (χ2v) is 15.9. The fourth-order valence-corrected chi connectivity index (χ4v) is 8.48. The van der Waals surface area contributed by atoms with E-state index in [0.717, 1.165) is 19.3 Å². The molecule has 1 aromatic rings. The lowest BCUT2D eigenvalue weighted by molar-refractivity contribution is -0.177. The minimum absolute atomic E-state index is 0.0251. The monoisotopic (exact) mass is 807 g/mol. The number of nitrogens with one attached hydrogen (secondary N) is 2. The highest BCUT2D eigenvalue weighted by molar-refractivity contribution is 8.77. The fraction of sp³-hybridized carbons (Fsp3) is 0.605. The normalized spacial score (nSPS) is 17.1. The zero-order chi connectivity index (χ0) is 39.3. The first kappa shape index (κ1) is 44.0. The molecule has 4 amide bonds. The number of hydroxylamine groups is 2. The lowest BCUT2D eigenvalue weighted by Gasteiger charge is -2.26. The van der Waals surface area contributed by atoms with Crippen molar-refractivity contribution in [1.29, 1.82) is 0 Å². The maximum atomic E-state index is 12.3. The molecule has 2 N–H and O–H groups in total. The second-order valence-electron chi connectivity index (χ2n) is 13.1. The van der Waals surface area contributed by atoms with Gasteiger partial charge in [-0.15, -0.1) is 0 Å². The SMILES string of the molecule is CCC(C)(CCOC(=O)NCCOCCOCCNC(=O)OCC1C2=C(CCC=C2)c2ccccc21)SSCOCCCCOC(=O)ON1C(=O)CCC1=O. The molecule has 0 saturated carbocycles. The van der Waals surface area contributed by atoms with E-state index in [4.69, 9.17) is 28.4 Å². The number of nitrogens with zero attached hydrogens (tertiary/aromatic N) is 1. The molecule has 2 atom stereocenters. The second kappa shape index (κ2) is 24.0. The molecule has 0 bridgehead atoms. The maximum absolute atomic E-state index is 12.3. The molecule has 17 heteroatoms. The van der Waals surface area contributed by atoms with Crippen molar-refractivity contribution < 1.29 is 57.2 Å². The molecule has 304 valence electrons. The van der Waals surface area contributed by atoms with E-state index in [9.17, 15) is 24.0 Å². The van der Waals surface area contributed by atoms with Crippen LogP contribution in [0.2, 0.25) is 0 Å². The van der Waals surface area contributed by atoms with Gasteiger partial charge in [-0.25, -0.2) is 14.4 Å². The Bertz CT molecular complexity index is 1490. The van der Waals surface area contributed by atoms with Crippen LogP contribution in [0.25, 0.3) is 5.57 Å². The molecule has 55 heavy (non-hydrogen) atoms. The molecule has 4 rings (SSSR count). The minimum atomic E-state index is -1.08. The smallest absolute Gasteiger partial charge is 0.450 e. The Balaban J connectivity index is 0.906. The molecule has 0 radical (unpaired) electrons. The molecule has 2 aliphatic carbocycles. The van der Waals surface area contributed by atoms with Crippen molar-refractivity contribution in [3.63, 3.8) is 0 Å². The number of hydrogen-bond donors (Lipinski definition) is 2. The molecule has 0 spiro atoms. The Labute approximate surface area is 330 Å². The van der Waals surface area contributed by atoms with Crippen LogP contribution in [0.1, 0.15) is 82.3 Å². The number of imide groups is 1. The Morgan fingerprint density at radius 3 is 2.25 bits per heavy atom. The van der Waals surface area contributed by atoms with E-state index in [1.165, 1.54) is 22.3 Å². The van der Waals surface area contributed by atoms with Gasteiger partial charge >= 0.3 is 18.3 Å². The number of rotatable bonds is 25. The van der Waals surface area contributed by atoms with Crippen molar-refractivity contribution in [2.24, 2.45) is 0 Å². The number of alkyl carbamates (subject to hydrolysis) is 2. The van der Waals surface area contributed by atoms with E-state index in [-0.39, 0.29) is 36.7 Å². The Morgan fingerprint density at radius 1 is 0.836 bits per heavy atom. The number of benzene rings is 1. The number of allylic oxidation sites excluding steroid dienone is 3. The average Bonchev–Trinajstić information content (AvgIpc) is 3.68. The number of ether oxygens (including phenoxy) is 6. The summed E-state index contributed by atoms with van der Waals surface area (Å²) in [6.45, 7) is 7.26. The molecule has 15 nitrogen and oxygen atoms in total. The lowest BCUT2D eigenvalue weighted by Crippen LogP contribution is -2.32. The molecule has 2 unspecified atom stereocenters. The molecule has 1 aliphatic heterocycles. The van der Waals surface area contributed by atoms with Crippen molar-refractivity contribution in [3.05, 3.63) is 53.1 Å². The van der Waals surface area contributed by atoms with Crippen LogP contribution in [-0.2, 0) is 42.8 Å². The van der Waals surface area contributed by atoms with E-state index in [1.807, 2.05) is 6.07 Å². The van der Waals surface area contributed by atoms with Crippen molar-refractivity contribution in [2.75, 3.05) is 71.9 Å². The first-order valence-electron chi connectivity index (χ1n) is 18.7. The third-order valence-electron chi connectivity index (χ3n) is 9.11. The van der Waals surface area contributed by atoms with E-state index >= 15 is 0 Å². The molecule has 0 aromatic heterocycles. The van der Waals surface area contributed by atoms with Crippen LogP contribution < -0.4 is 10.6 Å². The summed E-state index contributed by atoms with van der Waals surface area (Å²) in [5.41, 5.74) is 5.09. The van der Waals surface area contributed by atoms with Gasteiger partial charge in [0.15, 0.2) is 0 Å². The van der Waals surface area contributed by atoms with Gasteiger partial charge in [0.1, 0.15) is 12.5 Å². The molecule has 1 saturated heterocycles. The van der Waals surface area contributed by atoms with E-state index in [0.29, 0.717) is 83.0 Å². The van der Waals surface area contributed by atoms with Crippen LogP contribution >= 0.6 is 21.6 Å². The topological polar surface area (TPSA) is 177 Å². The van der Waals surface area contributed by atoms with Crippen LogP contribution in [0.15, 0.2) is 42.0 Å². The third kappa shape index (κ3) is 15.0. The number of unbranched alkanes of at least 4 members (excludes halogenated alkanes) is 1. The van der Waals surface area contributed by atoms with Crippen molar-refractivity contribution >= 4 is 57.3 Å². The summed E-state index contributed by atoms with van der Waals surface area (Å²) in [5.74, 6) is -0.587. The summed E-state index contributed by atoms with van der Waals surface area (Å²) in [6, 6.07) is 8.34. The summed E-state index contributed by atoms with van der Waals surface area (Å²) < 4.78 is 32.3. The average molecular weight is 808 g/mol. The largest absolute Gasteiger partial charge is 0.533 e. The highest BCUT2D eigenvalue weighted by atomic mass is 33.1. The van der Waals surface area contributed by atoms with Crippen LogP contribution in [0.4, 0.5) is 14.4 Å². The summed E-state index contributed by atoms with van der Waals surface area (Å²) >= 11 is 0. The van der Waals surface area contributed by atoms with Gasteiger partial charge in [-0.2, -0.15) is 0 Å². The molecular weight excluding hydrogens is 755 g/mol. The summed E-state index contributed by atoms with van der Waals surface area (Å²) in [7, 11) is 3.25. The molecule has 3 aliphatic rings. The Morgan fingerprint density at radius 2 is 1.53 bits per heavy atom. The quantitative estimate of drug-likeness (QED) is 0.0282. The summed E-state index contributed by atoms with van der Waals surface area (Å²) in [4.78, 5) is 63.6. The first-order valence-corrected chi connectivity index (χ1v) is 21.1. The zero-order valence-corrected chi connectivity index (χ0v) is 33.3. The number of carbonyl (C=O) groups excluding carboxylic acids is 5. The van der Waals surface area contributed by atoms with Crippen molar-refractivity contribution in [3.8, 4) is 0 Å². The predicted molar refractivity (Wildman–Crippen MR) is 207 cm³/mol. The van der Waals surface area contributed by atoms with Crippen LogP contribution in [0.3, 0.4) is 0 Å². The standard InChI is InChI=1S/C38H53N3O12S2/c1-3-38(2,55-54-27-49-19-8-9-20-51-37(46)53-41-33(42)14-15-34(41)43)16-21-50-35(44)39-17-22-47-24-25-48-23-18-40-36(45)52-26-32-30-12-6-4-10-28(30)29-11-5-7-13-31(29)32/h4,6-7,10,12-13,32H,3,5,8-9,11,14-27H2,1-2H3,(H,39,44)(H,40,45). The van der Waals surface area contributed by atoms with Gasteiger partial charge in [0.25, 0.3) is 11.8 Å². The lowest BCUT2D eigenvalue weighted by atomic mass is 9.93. The molecule has 1 aromatic carbocycles. The van der Waals surface area contributed by atoms with E-state index < -0.39 is 30.2 Å². The van der Waals surface area contributed by atoms with Crippen LogP contribution in [0.5, 0.6) is 0 Å². The highest BCUT2D eigenvalue weighted by Crippen LogP contribution is 2.46. The molecule has 1 fully saturated rings. The van der Waals surface area contributed by atoms with Crippen LogP contribution in [0, 0.1) is 0 Å². The van der Waals surface area contributed by atoms with Gasteiger partial charge in [0, 0.05) is 43.2 Å². The van der Waals surface area contributed by atoms with Crippen LogP contribution in [-0.4, -0.2) is 112 Å². The number of hydrogen-bond acceptors (Lipinski definition) is 14. The maximum Gasteiger partial charge on any atom is 0.533 e. The number of fused-ring (bicyclic) bond motifs is 2. The summed E-state index contributed by atoms with van der Waals surface area (Å²) in [6.07, 6.45) is 7.12. The van der Waals surface area contributed by atoms with Gasteiger partial charge in [-0.1, -0.05) is 70.0 Å². The van der Waals surface area contributed by atoms with Gasteiger partial charge in [0.05, 0.1) is 39.6 Å². The minimum Gasteiger partial charge on any atom is -0.450 e. The van der Waals surface area contributed by atoms with Gasteiger partial charge in [-0.05, 0) is 67.7 Å². The van der Waals surface area contributed by atoms with Gasteiger partial charge in [0.2, 0.25) is 0 Å². The van der Waals surface area contributed by atoms with Crippen molar-refractivity contribution in [2.45, 2.75) is 75.9 Å². The van der Waals surface area contributed by atoms with Gasteiger partial charge < -0.3 is 39.1 Å². The predicted octanol–water partition coefficient (Wildman–Crippen LogP) is 6.28. The number of amides is 4. The van der Waals surface area contributed by atoms with E-state index in [2.05, 4.69) is 59.7 Å². The Hall–Kier alpha value is -3.77. The zero-order valence-electron chi connectivity index (χ0n) is 31.6. The summed E-state index contributed by atoms with van der Waals surface area (Å²) in [5, 5.41) is 5.86. The molecular formula is C38H53N3O12S2. The number of carbonyl (C=O) groups is 5. The highest BCUT2D eigenvalue weighted by Gasteiger charge is 2.34. The third-order valence-corrected chi connectivity index (χ3v) is 12.2. The van der Waals surface area contributed by atoms with E-state index in [1.54, 1.807) is 21.6 Å². The first-order chi connectivity index (χ1) is 26.7. The Kier molecular flexibility index (Phi) is 19.2. The van der Waals surface area contributed by atoms with Crippen molar-refractivity contribution in [1.82, 2.24) is 15.7 Å².